The second-order valence-electron chi connectivity index (χ2n) is 4.24. The standard InChI is InChI=1S/C15H10BrFN2O/c16-11-6-5-9(7-12(11)17)20-15-10-3-1-2-4-14(10)19-8-13(15)18/h1-8H,18H2. The zero-order valence-corrected chi connectivity index (χ0v) is 11.9. The van der Waals surface area contributed by atoms with Crippen LogP contribution in [-0.4, -0.2) is 4.98 Å². The van der Waals surface area contributed by atoms with E-state index >= 15 is 0 Å². The highest BCUT2D eigenvalue weighted by Crippen LogP contribution is 2.34. The molecule has 0 saturated heterocycles. The van der Waals surface area contributed by atoms with E-state index in [1.54, 1.807) is 12.1 Å². The monoisotopic (exact) mass is 332 g/mol. The minimum atomic E-state index is -0.389. The summed E-state index contributed by atoms with van der Waals surface area (Å²) in [5, 5.41) is 0.788. The fraction of sp³-hybridized carbons (Fsp3) is 0. The summed E-state index contributed by atoms with van der Waals surface area (Å²) in [6.07, 6.45) is 1.53. The van der Waals surface area contributed by atoms with Gasteiger partial charge in [0.2, 0.25) is 0 Å². The molecule has 3 aromatic rings. The van der Waals surface area contributed by atoms with Crippen LogP contribution in [0.1, 0.15) is 0 Å². The Balaban J connectivity index is 2.10. The molecule has 0 aliphatic carbocycles. The molecule has 3 rings (SSSR count). The van der Waals surface area contributed by atoms with Gasteiger partial charge in [-0.1, -0.05) is 12.1 Å². The van der Waals surface area contributed by atoms with E-state index in [0.717, 1.165) is 10.9 Å². The van der Waals surface area contributed by atoms with Crippen LogP contribution in [-0.2, 0) is 0 Å². The smallest absolute Gasteiger partial charge is 0.161 e. The number of para-hydroxylation sites is 1. The van der Waals surface area contributed by atoms with Crippen molar-refractivity contribution in [3.8, 4) is 11.5 Å². The summed E-state index contributed by atoms with van der Waals surface area (Å²) < 4.78 is 19.6. The summed E-state index contributed by atoms with van der Waals surface area (Å²) in [5.41, 5.74) is 7.09. The predicted octanol–water partition coefficient (Wildman–Crippen LogP) is 4.51. The van der Waals surface area contributed by atoms with E-state index in [1.165, 1.54) is 12.3 Å². The number of hydrogen-bond acceptors (Lipinski definition) is 3. The number of ether oxygens (including phenoxy) is 1. The Hall–Kier alpha value is -2.14. The van der Waals surface area contributed by atoms with Crippen LogP contribution in [0.3, 0.4) is 0 Å². The number of aromatic nitrogens is 1. The van der Waals surface area contributed by atoms with Gasteiger partial charge >= 0.3 is 0 Å². The van der Waals surface area contributed by atoms with Crippen LogP contribution in [0.5, 0.6) is 11.5 Å². The molecule has 0 unspecified atom stereocenters. The minimum absolute atomic E-state index is 0.383. The number of fused-ring (bicyclic) bond motifs is 1. The number of nitrogens with zero attached hydrogens (tertiary/aromatic N) is 1. The molecule has 0 atom stereocenters. The number of nitrogens with two attached hydrogens (primary N) is 1. The van der Waals surface area contributed by atoms with E-state index in [-0.39, 0.29) is 5.82 Å². The fourth-order valence-electron chi connectivity index (χ4n) is 1.90. The lowest BCUT2D eigenvalue weighted by Gasteiger charge is -2.11. The van der Waals surface area contributed by atoms with E-state index in [9.17, 15) is 4.39 Å². The first-order chi connectivity index (χ1) is 9.65. The Kier molecular flexibility index (Phi) is 3.28. The van der Waals surface area contributed by atoms with Gasteiger partial charge in [-0.15, -0.1) is 0 Å². The maximum absolute atomic E-state index is 13.5. The first-order valence-electron chi connectivity index (χ1n) is 5.91. The fourth-order valence-corrected chi connectivity index (χ4v) is 2.15. The Labute approximate surface area is 123 Å². The largest absolute Gasteiger partial charge is 0.454 e. The van der Waals surface area contributed by atoms with Crippen molar-refractivity contribution in [1.29, 1.82) is 0 Å². The van der Waals surface area contributed by atoms with Gasteiger partial charge in [0.05, 0.1) is 21.9 Å². The van der Waals surface area contributed by atoms with Gasteiger partial charge in [0.1, 0.15) is 11.6 Å². The van der Waals surface area contributed by atoms with Crippen LogP contribution in [0.4, 0.5) is 10.1 Å². The van der Waals surface area contributed by atoms with Crippen LogP contribution >= 0.6 is 15.9 Å². The molecule has 3 nitrogen and oxygen atoms in total. The van der Waals surface area contributed by atoms with Gasteiger partial charge in [-0.25, -0.2) is 4.39 Å². The van der Waals surface area contributed by atoms with E-state index in [4.69, 9.17) is 10.5 Å². The number of hydrogen-bond donors (Lipinski definition) is 1. The number of pyridine rings is 1. The average Bonchev–Trinajstić information content (AvgIpc) is 2.46. The Bertz CT molecular complexity index is 792. The molecule has 100 valence electrons. The number of rotatable bonds is 2. The molecular weight excluding hydrogens is 323 g/mol. The normalized spacial score (nSPS) is 10.7. The highest BCUT2D eigenvalue weighted by Gasteiger charge is 2.10. The molecule has 0 aliphatic rings. The molecule has 20 heavy (non-hydrogen) atoms. The van der Waals surface area contributed by atoms with Gasteiger partial charge in [0.25, 0.3) is 0 Å². The lowest BCUT2D eigenvalue weighted by molar-refractivity contribution is 0.483. The van der Waals surface area contributed by atoms with Crippen molar-refractivity contribution in [2.45, 2.75) is 0 Å². The molecule has 1 aromatic heterocycles. The zero-order chi connectivity index (χ0) is 14.1. The summed E-state index contributed by atoms with van der Waals surface area (Å²) in [6, 6.07) is 12.0. The number of halogens is 2. The number of nitrogen functional groups attached to an aromatic ring is 1. The maximum atomic E-state index is 13.5. The summed E-state index contributed by atoms with van der Waals surface area (Å²) in [7, 11) is 0. The lowest BCUT2D eigenvalue weighted by Crippen LogP contribution is -1.95. The second kappa shape index (κ2) is 5.09. The Morgan fingerprint density at radius 2 is 1.95 bits per heavy atom. The van der Waals surface area contributed by atoms with Gasteiger partial charge in [-0.05, 0) is 40.2 Å². The van der Waals surface area contributed by atoms with Crippen molar-refractivity contribution >= 4 is 32.5 Å². The van der Waals surface area contributed by atoms with Crippen molar-refractivity contribution in [1.82, 2.24) is 4.98 Å². The first-order valence-corrected chi connectivity index (χ1v) is 6.70. The first kappa shape index (κ1) is 12.9. The summed E-state index contributed by atoms with van der Waals surface area (Å²) in [6.45, 7) is 0. The molecule has 0 aliphatic heterocycles. The number of anilines is 1. The highest BCUT2D eigenvalue weighted by molar-refractivity contribution is 9.10. The minimum Gasteiger partial charge on any atom is -0.454 e. The molecule has 0 saturated carbocycles. The quantitative estimate of drug-likeness (QED) is 0.751. The molecular formula is C15H10BrFN2O. The van der Waals surface area contributed by atoms with Gasteiger partial charge in [-0.2, -0.15) is 0 Å². The van der Waals surface area contributed by atoms with Crippen molar-refractivity contribution in [2.75, 3.05) is 5.73 Å². The SMILES string of the molecule is Nc1cnc2ccccc2c1Oc1ccc(Br)c(F)c1. The van der Waals surface area contributed by atoms with Crippen LogP contribution in [0, 0.1) is 5.82 Å². The van der Waals surface area contributed by atoms with Crippen LogP contribution < -0.4 is 10.5 Å². The van der Waals surface area contributed by atoms with E-state index in [1.807, 2.05) is 24.3 Å². The van der Waals surface area contributed by atoms with Gasteiger partial charge in [0, 0.05) is 11.5 Å². The van der Waals surface area contributed by atoms with Gasteiger partial charge in [0.15, 0.2) is 5.75 Å². The maximum Gasteiger partial charge on any atom is 0.161 e. The van der Waals surface area contributed by atoms with Crippen molar-refractivity contribution in [3.05, 3.63) is 59.0 Å². The van der Waals surface area contributed by atoms with Crippen LogP contribution in [0.15, 0.2) is 53.1 Å². The molecule has 0 fully saturated rings. The van der Waals surface area contributed by atoms with Gasteiger partial charge < -0.3 is 10.5 Å². The predicted molar refractivity (Wildman–Crippen MR) is 80.3 cm³/mol. The molecule has 0 amide bonds. The Morgan fingerprint density at radius 1 is 1.15 bits per heavy atom. The molecule has 0 bridgehead atoms. The topological polar surface area (TPSA) is 48.1 Å². The van der Waals surface area contributed by atoms with E-state index < -0.39 is 0 Å². The van der Waals surface area contributed by atoms with E-state index in [2.05, 4.69) is 20.9 Å². The molecule has 5 heteroatoms. The Morgan fingerprint density at radius 3 is 2.75 bits per heavy atom. The van der Waals surface area contributed by atoms with Crippen molar-refractivity contribution in [2.24, 2.45) is 0 Å². The molecule has 0 spiro atoms. The number of benzene rings is 2. The average molecular weight is 333 g/mol. The van der Waals surface area contributed by atoms with Gasteiger partial charge in [-0.3, -0.25) is 4.98 Å². The molecule has 0 radical (unpaired) electrons. The zero-order valence-electron chi connectivity index (χ0n) is 10.3. The summed E-state index contributed by atoms with van der Waals surface area (Å²) in [4.78, 5) is 4.23. The molecule has 2 N–H and O–H groups in total. The molecule has 2 aromatic carbocycles. The summed E-state index contributed by atoms with van der Waals surface area (Å²) >= 11 is 3.10. The summed E-state index contributed by atoms with van der Waals surface area (Å²) in [5.74, 6) is 0.477. The lowest BCUT2D eigenvalue weighted by atomic mass is 10.2. The van der Waals surface area contributed by atoms with Crippen molar-refractivity contribution in [3.63, 3.8) is 0 Å². The van der Waals surface area contributed by atoms with Crippen LogP contribution in [0.2, 0.25) is 0 Å². The van der Waals surface area contributed by atoms with E-state index in [0.29, 0.717) is 21.7 Å². The van der Waals surface area contributed by atoms with Crippen LogP contribution in [0.25, 0.3) is 10.9 Å². The third-order valence-corrected chi connectivity index (χ3v) is 3.51. The highest BCUT2D eigenvalue weighted by atomic mass is 79.9. The third kappa shape index (κ3) is 2.32. The second-order valence-corrected chi connectivity index (χ2v) is 5.09. The van der Waals surface area contributed by atoms with Crippen molar-refractivity contribution < 1.29 is 9.13 Å². The molecule has 1 heterocycles. The third-order valence-electron chi connectivity index (χ3n) is 2.86.